The fraction of sp³-hybridized carbons (Fsp3) is 0.562. The molecule has 6 nitrogen and oxygen atoms in total. The fourth-order valence-electron chi connectivity index (χ4n) is 2.93. The van der Waals surface area contributed by atoms with E-state index in [0.717, 1.165) is 31.5 Å². The van der Waals surface area contributed by atoms with Crippen LogP contribution in [0.2, 0.25) is 0 Å². The van der Waals surface area contributed by atoms with Gasteiger partial charge < -0.3 is 10.6 Å². The molecule has 128 valence electrons. The number of hydrogen-bond acceptors (Lipinski definition) is 4. The number of hydrogen-bond donors (Lipinski definition) is 3. The van der Waals surface area contributed by atoms with Crippen LogP contribution in [0.3, 0.4) is 0 Å². The van der Waals surface area contributed by atoms with E-state index in [0.29, 0.717) is 24.8 Å². The van der Waals surface area contributed by atoms with E-state index in [9.17, 15) is 13.2 Å². The molecule has 1 heterocycles. The minimum absolute atomic E-state index is 0.0101. The maximum Gasteiger partial charge on any atom is 0.238 e. The summed E-state index contributed by atoms with van der Waals surface area (Å²) in [5, 5.41) is 11.3. The first-order valence-corrected chi connectivity index (χ1v) is 9.50. The summed E-state index contributed by atoms with van der Waals surface area (Å²) in [6, 6.07) is 6.32. The molecule has 2 unspecified atom stereocenters. The first kappa shape index (κ1) is 17.9. The summed E-state index contributed by atoms with van der Waals surface area (Å²) in [5.41, 5.74) is 0.719. The normalized spacial score (nSPS) is 20.0. The van der Waals surface area contributed by atoms with Crippen LogP contribution >= 0.6 is 0 Å². The molecule has 1 aliphatic rings. The lowest BCUT2D eigenvalue weighted by atomic mass is 9.85. The molecule has 1 amide bonds. The van der Waals surface area contributed by atoms with E-state index in [2.05, 4.69) is 17.6 Å². The van der Waals surface area contributed by atoms with Gasteiger partial charge in [0.05, 0.1) is 4.90 Å². The van der Waals surface area contributed by atoms with Gasteiger partial charge in [-0.3, -0.25) is 4.79 Å². The summed E-state index contributed by atoms with van der Waals surface area (Å²) in [5.74, 6) is 0.864. The molecule has 0 saturated carbocycles. The number of carbonyl (C=O) groups excluding carboxylic acids is 1. The zero-order chi connectivity index (χ0) is 16.9. The van der Waals surface area contributed by atoms with E-state index < -0.39 is 10.0 Å². The first-order chi connectivity index (χ1) is 10.9. The minimum atomic E-state index is -3.72. The Labute approximate surface area is 137 Å². The van der Waals surface area contributed by atoms with Crippen LogP contribution in [0, 0.1) is 11.8 Å². The molecule has 0 radical (unpaired) electrons. The van der Waals surface area contributed by atoms with Crippen molar-refractivity contribution in [3.05, 3.63) is 29.8 Å². The van der Waals surface area contributed by atoms with E-state index in [1.807, 2.05) is 0 Å². The van der Waals surface area contributed by atoms with E-state index in [-0.39, 0.29) is 10.8 Å². The Bertz CT molecular complexity index is 640. The average molecular weight is 339 g/mol. The number of piperidine rings is 1. The molecule has 7 heteroatoms. The van der Waals surface area contributed by atoms with E-state index in [1.165, 1.54) is 12.1 Å². The molecule has 0 bridgehead atoms. The molecular weight excluding hydrogens is 314 g/mol. The number of nitrogens with one attached hydrogen (secondary N) is 2. The number of primary sulfonamides is 1. The van der Waals surface area contributed by atoms with Crippen molar-refractivity contribution < 1.29 is 13.2 Å². The summed E-state index contributed by atoms with van der Waals surface area (Å²) < 4.78 is 22.7. The predicted molar refractivity (Wildman–Crippen MR) is 89.0 cm³/mol. The molecule has 0 aromatic heterocycles. The number of sulfonamides is 1. The Balaban J connectivity index is 1.84. The monoisotopic (exact) mass is 339 g/mol. The Hall–Kier alpha value is -1.44. The van der Waals surface area contributed by atoms with Crippen molar-refractivity contribution in [1.82, 2.24) is 10.6 Å². The van der Waals surface area contributed by atoms with Gasteiger partial charge in [-0.15, -0.1) is 0 Å². The van der Waals surface area contributed by atoms with Crippen molar-refractivity contribution in [3.63, 3.8) is 0 Å². The second-order valence-corrected chi connectivity index (χ2v) is 7.82. The standard InChI is InChI=1S/C16H25N3O3S/c1-12(14-5-3-7-18-11-14)8-16(20)19-10-13-4-2-6-15(9-13)23(17,21)22/h2,4,6,9,12,14,18H,3,5,7-8,10-11H2,1H3,(H,19,20)(H2,17,21,22). The molecule has 1 aromatic rings. The second kappa shape index (κ2) is 7.90. The number of rotatable bonds is 6. The Kier molecular flexibility index (Phi) is 6.15. The van der Waals surface area contributed by atoms with Crippen molar-refractivity contribution in [2.75, 3.05) is 13.1 Å². The number of nitrogens with two attached hydrogens (primary N) is 1. The molecular formula is C16H25N3O3S. The summed E-state index contributed by atoms with van der Waals surface area (Å²) in [7, 11) is -3.72. The maximum atomic E-state index is 12.1. The highest BCUT2D eigenvalue weighted by Gasteiger charge is 2.21. The number of amides is 1. The summed E-state index contributed by atoms with van der Waals surface area (Å²) >= 11 is 0. The van der Waals surface area contributed by atoms with Gasteiger partial charge in [-0.1, -0.05) is 19.1 Å². The lowest BCUT2D eigenvalue weighted by molar-refractivity contribution is -0.122. The lowest BCUT2D eigenvalue weighted by Gasteiger charge is -2.28. The van der Waals surface area contributed by atoms with Gasteiger partial charge in [0.25, 0.3) is 0 Å². The minimum Gasteiger partial charge on any atom is -0.352 e. The molecule has 2 atom stereocenters. The van der Waals surface area contributed by atoms with Crippen LogP contribution in [0.1, 0.15) is 31.7 Å². The Morgan fingerprint density at radius 2 is 2.26 bits per heavy atom. The van der Waals surface area contributed by atoms with Crippen molar-refractivity contribution in [2.45, 2.75) is 37.6 Å². The maximum absolute atomic E-state index is 12.1. The SMILES string of the molecule is CC(CC(=O)NCc1cccc(S(N)(=O)=O)c1)C1CCCNC1. The lowest BCUT2D eigenvalue weighted by Crippen LogP contribution is -2.35. The smallest absolute Gasteiger partial charge is 0.238 e. The third kappa shape index (κ3) is 5.60. The molecule has 1 fully saturated rings. The van der Waals surface area contributed by atoms with Crippen LogP contribution in [0.15, 0.2) is 29.2 Å². The van der Waals surface area contributed by atoms with E-state index >= 15 is 0 Å². The van der Waals surface area contributed by atoms with Gasteiger partial charge in [0.1, 0.15) is 0 Å². The fourth-order valence-corrected chi connectivity index (χ4v) is 3.51. The predicted octanol–water partition coefficient (Wildman–Crippen LogP) is 0.976. The van der Waals surface area contributed by atoms with Gasteiger partial charge in [0.15, 0.2) is 0 Å². The molecule has 0 aliphatic carbocycles. The van der Waals surface area contributed by atoms with Gasteiger partial charge in [0, 0.05) is 13.0 Å². The zero-order valence-electron chi connectivity index (χ0n) is 13.4. The highest BCUT2D eigenvalue weighted by Crippen LogP contribution is 2.22. The quantitative estimate of drug-likeness (QED) is 0.719. The molecule has 1 aliphatic heterocycles. The topological polar surface area (TPSA) is 101 Å². The number of benzene rings is 1. The zero-order valence-corrected chi connectivity index (χ0v) is 14.2. The second-order valence-electron chi connectivity index (χ2n) is 6.26. The van der Waals surface area contributed by atoms with Gasteiger partial charge in [-0.05, 0) is 55.5 Å². The van der Waals surface area contributed by atoms with Gasteiger partial charge in [-0.2, -0.15) is 0 Å². The molecule has 23 heavy (non-hydrogen) atoms. The summed E-state index contributed by atoms with van der Waals surface area (Å²) in [4.78, 5) is 12.1. The largest absolute Gasteiger partial charge is 0.352 e. The molecule has 0 spiro atoms. The van der Waals surface area contributed by atoms with Crippen molar-refractivity contribution in [2.24, 2.45) is 17.0 Å². The van der Waals surface area contributed by atoms with Crippen LogP contribution < -0.4 is 15.8 Å². The first-order valence-electron chi connectivity index (χ1n) is 7.95. The van der Waals surface area contributed by atoms with Crippen LogP contribution in [-0.2, 0) is 21.4 Å². The van der Waals surface area contributed by atoms with Gasteiger partial charge >= 0.3 is 0 Å². The van der Waals surface area contributed by atoms with Crippen LogP contribution in [-0.4, -0.2) is 27.4 Å². The third-order valence-corrected chi connectivity index (χ3v) is 5.27. The van der Waals surface area contributed by atoms with Crippen molar-refractivity contribution in [1.29, 1.82) is 0 Å². The van der Waals surface area contributed by atoms with Crippen molar-refractivity contribution >= 4 is 15.9 Å². The summed E-state index contributed by atoms with van der Waals surface area (Å²) in [6.45, 7) is 4.46. The summed E-state index contributed by atoms with van der Waals surface area (Å²) in [6.07, 6.45) is 2.82. The van der Waals surface area contributed by atoms with E-state index in [4.69, 9.17) is 5.14 Å². The van der Waals surface area contributed by atoms with E-state index in [1.54, 1.807) is 12.1 Å². The molecule has 1 saturated heterocycles. The number of carbonyl (C=O) groups is 1. The average Bonchev–Trinajstić information content (AvgIpc) is 2.53. The van der Waals surface area contributed by atoms with Gasteiger partial charge in [0.2, 0.25) is 15.9 Å². The molecule has 1 aromatic carbocycles. The van der Waals surface area contributed by atoms with Crippen LogP contribution in [0.25, 0.3) is 0 Å². The third-order valence-electron chi connectivity index (χ3n) is 4.36. The molecule has 2 rings (SSSR count). The highest BCUT2D eigenvalue weighted by atomic mass is 32.2. The van der Waals surface area contributed by atoms with Crippen LogP contribution in [0.5, 0.6) is 0 Å². The highest BCUT2D eigenvalue weighted by molar-refractivity contribution is 7.89. The van der Waals surface area contributed by atoms with Gasteiger partial charge in [-0.25, -0.2) is 13.6 Å². The molecule has 4 N–H and O–H groups in total. The Morgan fingerprint density at radius 1 is 1.48 bits per heavy atom. The van der Waals surface area contributed by atoms with Crippen LogP contribution in [0.4, 0.5) is 0 Å². The van der Waals surface area contributed by atoms with Crippen molar-refractivity contribution in [3.8, 4) is 0 Å². The Morgan fingerprint density at radius 3 is 2.91 bits per heavy atom.